The van der Waals surface area contributed by atoms with Crippen LogP contribution in [0.2, 0.25) is 0 Å². The number of fused-ring (bicyclic) bond motifs is 2. The van der Waals surface area contributed by atoms with Crippen molar-refractivity contribution in [1.29, 1.82) is 0 Å². The monoisotopic (exact) mass is 521 g/mol. The first-order valence-electron chi connectivity index (χ1n) is 9.99. The van der Waals surface area contributed by atoms with Crippen molar-refractivity contribution in [2.24, 2.45) is 4.99 Å². The first-order valence-corrected chi connectivity index (χ1v) is 9.99. The molecule has 0 unspecified atom stereocenters. The highest BCUT2D eigenvalue weighted by Gasteiger charge is 2.13. The fourth-order valence-electron chi connectivity index (χ4n) is 3.56. The van der Waals surface area contributed by atoms with E-state index >= 15 is 0 Å². The van der Waals surface area contributed by atoms with E-state index in [1.54, 1.807) is 7.05 Å². The zero-order chi connectivity index (χ0) is 20.1. The van der Waals surface area contributed by atoms with Crippen molar-refractivity contribution in [3.8, 4) is 11.5 Å². The van der Waals surface area contributed by atoms with E-state index in [1.165, 1.54) is 11.1 Å². The molecule has 0 saturated heterocycles. The lowest BCUT2D eigenvalue weighted by atomic mass is 10.1. The molecule has 0 bridgehead atoms. The molecule has 30 heavy (non-hydrogen) atoms. The Morgan fingerprint density at radius 1 is 1.10 bits per heavy atom. The van der Waals surface area contributed by atoms with Crippen LogP contribution in [0.5, 0.6) is 11.5 Å². The van der Waals surface area contributed by atoms with Gasteiger partial charge in [-0.15, -0.1) is 24.0 Å². The van der Waals surface area contributed by atoms with Crippen LogP contribution < -0.4 is 20.1 Å². The van der Waals surface area contributed by atoms with E-state index in [9.17, 15) is 0 Å². The number of aliphatic imine (C=N–C) groups is 1. The maximum atomic E-state index is 5.43. The summed E-state index contributed by atoms with van der Waals surface area (Å²) in [6, 6.07) is 14.3. The predicted molar refractivity (Wildman–Crippen MR) is 130 cm³/mol. The molecule has 2 heterocycles. The van der Waals surface area contributed by atoms with E-state index in [0.717, 1.165) is 61.3 Å². The summed E-state index contributed by atoms with van der Waals surface area (Å²) in [6.07, 6.45) is 1.88. The van der Waals surface area contributed by atoms with E-state index in [2.05, 4.69) is 56.4 Å². The molecule has 0 spiro atoms. The van der Waals surface area contributed by atoms with Gasteiger partial charge in [0.2, 0.25) is 6.79 Å². The van der Waals surface area contributed by atoms with Gasteiger partial charge in [-0.3, -0.25) is 4.99 Å². The Balaban J connectivity index is 0.00000256. The number of imidazole rings is 1. The fourth-order valence-corrected chi connectivity index (χ4v) is 3.56. The minimum absolute atomic E-state index is 0. The van der Waals surface area contributed by atoms with Gasteiger partial charge in [0.1, 0.15) is 5.82 Å². The molecule has 160 valence electrons. The van der Waals surface area contributed by atoms with Gasteiger partial charge in [0.05, 0.1) is 11.0 Å². The normalized spacial score (nSPS) is 12.7. The Labute approximate surface area is 193 Å². The highest BCUT2D eigenvalue weighted by atomic mass is 127. The number of hydrogen-bond donors (Lipinski definition) is 2. The molecule has 0 fully saturated rings. The van der Waals surface area contributed by atoms with Crippen LogP contribution in [-0.2, 0) is 13.0 Å². The first kappa shape index (κ1) is 22.2. The summed E-state index contributed by atoms with van der Waals surface area (Å²) in [5, 5.41) is 6.76. The number of nitrogens with one attached hydrogen (secondary N) is 2. The highest BCUT2D eigenvalue weighted by Crippen LogP contribution is 2.32. The molecular formula is C22H28IN5O2. The standard InChI is InChI=1S/C22H27N5O2.HI/c1-16-26-18-6-3-4-7-19(18)27(16)13-5-11-24-22(23-2)25-12-10-17-8-9-20-21(14-17)29-15-28-20;/h3-4,6-9,14H,5,10-13,15H2,1-2H3,(H2,23,24,25);1H. The summed E-state index contributed by atoms with van der Waals surface area (Å²) in [4.78, 5) is 8.93. The summed E-state index contributed by atoms with van der Waals surface area (Å²) in [5.41, 5.74) is 3.45. The van der Waals surface area contributed by atoms with Crippen LogP contribution in [0.4, 0.5) is 0 Å². The third kappa shape index (κ3) is 5.16. The number of guanidine groups is 1. The molecule has 8 heteroatoms. The Hall–Kier alpha value is -2.49. The number of rotatable bonds is 7. The largest absolute Gasteiger partial charge is 0.454 e. The zero-order valence-corrected chi connectivity index (χ0v) is 19.7. The second-order valence-corrected chi connectivity index (χ2v) is 7.02. The Bertz CT molecular complexity index is 1020. The van der Waals surface area contributed by atoms with Gasteiger partial charge in [0, 0.05) is 26.7 Å². The Morgan fingerprint density at radius 3 is 2.77 bits per heavy atom. The third-order valence-electron chi connectivity index (χ3n) is 5.06. The van der Waals surface area contributed by atoms with Gasteiger partial charge in [0.25, 0.3) is 0 Å². The maximum absolute atomic E-state index is 5.43. The third-order valence-corrected chi connectivity index (χ3v) is 5.06. The highest BCUT2D eigenvalue weighted by molar-refractivity contribution is 14.0. The van der Waals surface area contributed by atoms with Crippen LogP contribution >= 0.6 is 24.0 Å². The van der Waals surface area contributed by atoms with E-state index in [4.69, 9.17) is 9.47 Å². The maximum Gasteiger partial charge on any atom is 0.231 e. The summed E-state index contributed by atoms with van der Waals surface area (Å²) >= 11 is 0. The van der Waals surface area contributed by atoms with Crippen LogP contribution in [0.3, 0.4) is 0 Å². The van der Waals surface area contributed by atoms with E-state index in [0.29, 0.717) is 6.79 Å². The van der Waals surface area contributed by atoms with Crippen LogP contribution in [0.1, 0.15) is 17.8 Å². The lowest BCUT2D eigenvalue weighted by Gasteiger charge is -2.13. The van der Waals surface area contributed by atoms with Crippen molar-refractivity contribution in [2.75, 3.05) is 26.9 Å². The van der Waals surface area contributed by atoms with Crippen LogP contribution in [0, 0.1) is 6.92 Å². The molecule has 3 aromatic rings. The molecule has 1 aliphatic rings. The quantitative estimate of drug-likeness (QED) is 0.216. The number of nitrogens with zero attached hydrogens (tertiary/aromatic N) is 3. The molecule has 2 aromatic carbocycles. The number of hydrogen-bond acceptors (Lipinski definition) is 4. The van der Waals surface area contributed by atoms with Gasteiger partial charge in [-0.05, 0) is 49.6 Å². The molecule has 7 nitrogen and oxygen atoms in total. The summed E-state index contributed by atoms with van der Waals surface area (Å²) in [5.74, 6) is 3.52. The average Bonchev–Trinajstić information content (AvgIpc) is 3.33. The SMILES string of the molecule is CN=C(NCCCn1c(C)nc2ccccc21)NCCc1ccc2c(c1)OCO2.I. The van der Waals surface area contributed by atoms with E-state index < -0.39 is 0 Å². The number of aromatic nitrogens is 2. The Morgan fingerprint density at radius 2 is 1.90 bits per heavy atom. The summed E-state index contributed by atoms with van der Waals surface area (Å²) in [6.45, 7) is 4.93. The molecule has 0 amide bonds. The molecule has 1 aliphatic heterocycles. The minimum Gasteiger partial charge on any atom is -0.454 e. The van der Waals surface area contributed by atoms with Gasteiger partial charge in [-0.25, -0.2) is 4.98 Å². The number of ether oxygens (including phenoxy) is 2. The fraction of sp³-hybridized carbons (Fsp3) is 0.364. The zero-order valence-electron chi connectivity index (χ0n) is 17.4. The predicted octanol–water partition coefficient (Wildman–Crippen LogP) is 3.49. The lowest BCUT2D eigenvalue weighted by molar-refractivity contribution is 0.174. The second kappa shape index (κ2) is 10.5. The molecule has 2 N–H and O–H groups in total. The number of aryl methyl sites for hydroxylation is 2. The van der Waals surface area contributed by atoms with Gasteiger partial charge in [0.15, 0.2) is 17.5 Å². The van der Waals surface area contributed by atoms with E-state index in [1.807, 2.05) is 18.2 Å². The first-order chi connectivity index (χ1) is 14.2. The van der Waals surface area contributed by atoms with Gasteiger partial charge < -0.3 is 24.7 Å². The topological polar surface area (TPSA) is 72.7 Å². The molecule has 1 aromatic heterocycles. The lowest BCUT2D eigenvalue weighted by Crippen LogP contribution is -2.39. The van der Waals surface area contributed by atoms with Crippen molar-refractivity contribution in [3.05, 3.63) is 53.9 Å². The Kier molecular flexibility index (Phi) is 7.78. The number of para-hydroxylation sites is 2. The average molecular weight is 521 g/mol. The van der Waals surface area contributed by atoms with Gasteiger partial charge in [-0.2, -0.15) is 0 Å². The smallest absolute Gasteiger partial charge is 0.231 e. The molecule has 0 atom stereocenters. The molecule has 0 radical (unpaired) electrons. The number of benzene rings is 2. The molecular weight excluding hydrogens is 493 g/mol. The molecule has 0 saturated carbocycles. The minimum atomic E-state index is 0. The van der Waals surface area contributed by atoms with Crippen molar-refractivity contribution in [2.45, 2.75) is 26.3 Å². The number of halogens is 1. The van der Waals surface area contributed by atoms with Crippen LogP contribution in [0.15, 0.2) is 47.5 Å². The molecule has 4 rings (SSSR count). The van der Waals surface area contributed by atoms with Crippen molar-refractivity contribution >= 4 is 41.0 Å². The molecule has 0 aliphatic carbocycles. The van der Waals surface area contributed by atoms with Gasteiger partial charge in [-0.1, -0.05) is 18.2 Å². The van der Waals surface area contributed by atoms with Crippen LogP contribution in [-0.4, -0.2) is 42.4 Å². The van der Waals surface area contributed by atoms with Crippen LogP contribution in [0.25, 0.3) is 11.0 Å². The van der Waals surface area contributed by atoms with Crippen molar-refractivity contribution < 1.29 is 9.47 Å². The van der Waals surface area contributed by atoms with Crippen molar-refractivity contribution in [1.82, 2.24) is 20.2 Å². The van der Waals surface area contributed by atoms with Gasteiger partial charge >= 0.3 is 0 Å². The van der Waals surface area contributed by atoms with E-state index in [-0.39, 0.29) is 24.0 Å². The second-order valence-electron chi connectivity index (χ2n) is 7.02. The van der Waals surface area contributed by atoms with Crippen molar-refractivity contribution in [3.63, 3.8) is 0 Å². The summed E-state index contributed by atoms with van der Waals surface area (Å²) in [7, 11) is 1.80. The summed E-state index contributed by atoms with van der Waals surface area (Å²) < 4.78 is 13.1.